The monoisotopic (exact) mass is 697 g/mol. The molecule has 1 aromatic heterocycles. The maximum absolute atomic E-state index is 7.04. The Bertz CT molecular complexity index is 2850. The highest BCUT2D eigenvalue weighted by Crippen LogP contribution is 2.43. The van der Waals surface area contributed by atoms with Gasteiger partial charge in [0.25, 0.3) is 6.71 Å². The van der Waals surface area contributed by atoms with Crippen LogP contribution < -0.4 is 21.1 Å². The molecular weight excluding hydrogens is 653 g/mol. The summed E-state index contributed by atoms with van der Waals surface area (Å²) < 4.78 is 9.60. The molecule has 7 aromatic carbocycles. The molecule has 262 valence electrons. The molecule has 2 aliphatic heterocycles. The zero-order chi connectivity index (χ0) is 37.2. The highest BCUT2D eigenvalue weighted by Gasteiger charge is 2.41. The average Bonchev–Trinajstić information content (AvgIpc) is 3.46. The molecule has 0 N–H and O–H groups in total. The summed E-state index contributed by atoms with van der Waals surface area (Å²) in [6.07, 6.45) is 0. The first-order valence-electron chi connectivity index (χ1n) is 19.4. The first kappa shape index (κ1) is 32.8. The first-order valence-corrected chi connectivity index (χ1v) is 19.4. The second-order valence-electron chi connectivity index (χ2n) is 16.3. The van der Waals surface area contributed by atoms with E-state index in [0.717, 1.165) is 11.5 Å². The number of hydrogen-bond donors (Lipinski definition) is 0. The molecule has 0 saturated heterocycles. The van der Waals surface area contributed by atoms with Crippen molar-refractivity contribution in [2.24, 2.45) is 0 Å². The van der Waals surface area contributed by atoms with Crippen molar-refractivity contribution in [3.63, 3.8) is 0 Å². The molecular formula is C51H44BNO. The second kappa shape index (κ2) is 11.9. The Morgan fingerprint density at radius 1 is 0.519 bits per heavy atom. The Morgan fingerprint density at radius 2 is 1.15 bits per heavy atom. The third kappa shape index (κ3) is 4.80. The summed E-state index contributed by atoms with van der Waals surface area (Å²) in [5, 5.41) is 2.59. The quantitative estimate of drug-likeness (QED) is 0.167. The minimum atomic E-state index is 0.0242. The van der Waals surface area contributed by atoms with Crippen LogP contribution in [0.1, 0.15) is 58.7 Å². The number of benzene rings is 7. The number of rotatable bonds is 4. The Labute approximate surface area is 319 Å². The molecule has 0 bridgehead atoms. The summed E-state index contributed by atoms with van der Waals surface area (Å²) in [4.78, 5) is 0. The summed E-state index contributed by atoms with van der Waals surface area (Å²) in [7, 11) is 0. The fourth-order valence-electron chi connectivity index (χ4n) is 10.0. The van der Waals surface area contributed by atoms with E-state index in [0.29, 0.717) is 5.92 Å². The van der Waals surface area contributed by atoms with Gasteiger partial charge >= 0.3 is 0 Å². The normalized spacial score (nSPS) is 12.7. The smallest absolute Gasteiger partial charge is 0.256 e. The fraction of sp³-hybridized carbons (Fsp3) is 0.176. The van der Waals surface area contributed by atoms with Gasteiger partial charge in [0.15, 0.2) is 0 Å². The van der Waals surface area contributed by atoms with Crippen molar-refractivity contribution in [2.45, 2.75) is 61.3 Å². The molecule has 0 atom stereocenters. The lowest BCUT2D eigenvalue weighted by atomic mass is 9.34. The number of nitrogens with zero attached hydrogens (tertiary/aromatic N) is 1. The molecule has 3 heterocycles. The summed E-state index contributed by atoms with van der Waals surface area (Å²) in [6, 6.07) is 43.7. The molecule has 0 saturated carbocycles. The largest absolute Gasteiger partial charge is 0.458 e. The Morgan fingerprint density at radius 3 is 1.81 bits per heavy atom. The Balaban J connectivity index is 1.34. The first-order chi connectivity index (χ1) is 26.0. The van der Waals surface area contributed by atoms with E-state index < -0.39 is 0 Å². The molecule has 0 spiro atoms. The van der Waals surface area contributed by atoms with Gasteiger partial charge in [-0.2, -0.15) is 0 Å². The SMILES string of the molecule is Cc1cc(C)c(-c2ccc3c(c2)c2cc(-c4c(C)cc(C)cc4C)cc4c2n3-c2cc(C(C)C)cc3c2B4c2ccc(-c4ccccc4)cc2O3)c(C)c1. The molecule has 0 fully saturated rings. The van der Waals surface area contributed by atoms with E-state index in [1.54, 1.807) is 0 Å². The van der Waals surface area contributed by atoms with E-state index >= 15 is 0 Å². The van der Waals surface area contributed by atoms with Crippen LogP contribution in [-0.2, 0) is 0 Å². The van der Waals surface area contributed by atoms with Crippen molar-refractivity contribution >= 4 is 44.9 Å². The van der Waals surface area contributed by atoms with E-state index in [2.05, 4.69) is 175 Å². The van der Waals surface area contributed by atoms with Gasteiger partial charge in [-0.25, -0.2) is 0 Å². The molecule has 0 aliphatic carbocycles. The fourth-order valence-corrected chi connectivity index (χ4v) is 10.0. The minimum Gasteiger partial charge on any atom is -0.458 e. The van der Waals surface area contributed by atoms with Crippen LogP contribution in [0.25, 0.3) is 60.9 Å². The number of ether oxygens (including phenoxy) is 1. The highest BCUT2D eigenvalue weighted by molar-refractivity contribution is 6.99. The number of fused-ring (bicyclic) bond motifs is 7. The lowest BCUT2D eigenvalue weighted by molar-refractivity contribution is 0.486. The molecule has 0 amide bonds. The predicted octanol–water partition coefficient (Wildman–Crippen LogP) is 11.7. The molecule has 10 rings (SSSR count). The lowest BCUT2D eigenvalue weighted by Crippen LogP contribution is -2.58. The third-order valence-corrected chi connectivity index (χ3v) is 12.1. The zero-order valence-corrected chi connectivity index (χ0v) is 32.5. The van der Waals surface area contributed by atoms with Crippen molar-refractivity contribution in [2.75, 3.05) is 0 Å². The standard InChI is InChI=1S/C51H44BNO/c1-28(2)38-25-45-50-47(27-38)54-46-26-36(35-12-10-9-11-13-35)14-16-42(46)52(50)43-24-39(49-33(7)20-30(4)21-34(49)8)23-41-40-22-37(15-17-44(40)53(45)51(41)43)48-31(5)18-29(3)19-32(48)6/h9-28H,1-8H3. The summed E-state index contributed by atoms with van der Waals surface area (Å²) in [6.45, 7) is 18.0. The highest BCUT2D eigenvalue weighted by atomic mass is 16.5. The van der Waals surface area contributed by atoms with E-state index in [4.69, 9.17) is 4.74 Å². The lowest BCUT2D eigenvalue weighted by Gasteiger charge is -2.34. The van der Waals surface area contributed by atoms with Crippen LogP contribution in [0, 0.1) is 41.5 Å². The van der Waals surface area contributed by atoms with E-state index in [1.165, 1.54) is 116 Å². The van der Waals surface area contributed by atoms with Gasteiger partial charge in [0.1, 0.15) is 11.5 Å². The molecule has 3 heteroatoms. The van der Waals surface area contributed by atoms with Crippen LogP contribution in [0.15, 0.2) is 115 Å². The number of aryl methyl sites for hydroxylation is 6. The molecule has 2 nitrogen and oxygen atoms in total. The van der Waals surface area contributed by atoms with Gasteiger partial charge in [0, 0.05) is 22.0 Å². The van der Waals surface area contributed by atoms with Gasteiger partial charge in [-0.1, -0.05) is 104 Å². The van der Waals surface area contributed by atoms with Crippen LogP contribution in [0.5, 0.6) is 11.5 Å². The average molecular weight is 698 g/mol. The maximum Gasteiger partial charge on any atom is 0.256 e. The topological polar surface area (TPSA) is 14.2 Å². The van der Waals surface area contributed by atoms with Crippen molar-refractivity contribution in [3.8, 4) is 50.6 Å². The van der Waals surface area contributed by atoms with Crippen LogP contribution in [-0.4, -0.2) is 11.3 Å². The van der Waals surface area contributed by atoms with Crippen molar-refractivity contribution < 1.29 is 4.74 Å². The van der Waals surface area contributed by atoms with Crippen LogP contribution in [0.2, 0.25) is 0 Å². The molecule has 2 aliphatic rings. The second-order valence-corrected chi connectivity index (χ2v) is 16.3. The number of aromatic nitrogens is 1. The van der Waals surface area contributed by atoms with Crippen LogP contribution >= 0.6 is 0 Å². The molecule has 8 aromatic rings. The molecule has 0 unspecified atom stereocenters. The predicted molar refractivity (Wildman–Crippen MR) is 231 cm³/mol. The van der Waals surface area contributed by atoms with E-state index in [1.807, 2.05) is 0 Å². The summed E-state index contributed by atoms with van der Waals surface area (Å²) in [5.41, 5.74) is 24.3. The summed E-state index contributed by atoms with van der Waals surface area (Å²) >= 11 is 0. The van der Waals surface area contributed by atoms with Crippen molar-refractivity contribution in [1.82, 2.24) is 4.57 Å². The van der Waals surface area contributed by atoms with E-state index in [-0.39, 0.29) is 6.71 Å². The zero-order valence-electron chi connectivity index (χ0n) is 32.5. The third-order valence-electron chi connectivity index (χ3n) is 12.1. The van der Waals surface area contributed by atoms with Gasteiger partial charge < -0.3 is 9.30 Å². The molecule has 54 heavy (non-hydrogen) atoms. The Hall–Kier alpha value is -5.80. The summed E-state index contributed by atoms with van der Waals surface area (Å²) in [5.74, 6) is 2.26. The Kier molecular flexibility index (Phi) is 7.21. The van der Waals surface area contributed by atoms with Crippen molar-refractivity contribution in [1.29, 1.82) is 0 Å². The maximum atomic E-state index is 7.04. The van der Waals surface area contributed by atoms with Gasteiger partial charge in [-0.15, -0.1) is 0 Å². The van der Waals surface area contributed by atoms with Crippen LogP contribution in [0.3, 0.4) is 0 Å². The molecule has 0 radical (unpaired) electrons. The minimum absolute atomic E-state index is 0.0242. The number of hydrogen-bond acceptors (Lipinski definition) is 1. The van der Waals surface area contributed by atoms with Crippen LogP contribution in [0.4, 0.5) is 0 Å². The van der Waals surface area contributed by atoms with E-state index in [9.17, 15) is 0 Å². The van der Waals surface area contributed by atoms with Gasteiger partial charge in [0.05, 0.1) is 5.52 Å². The van der Waals surface area contributed by atoms with Crippen molar-refractivity contribution in [3.05, 3.63) is 154 Å². The van der Waals surface area contributed by atoms with Gasteiger partial charge in [-0.3, -0.25) is 0 Å². The van der Waals surface area contributed by atoms with Gasteiger partial charge in [-0.05, 0) is 161 Å². The van der Waals surface area contributed by atoms with Gasteiger partial charge in [0.2, 0.25) is 0 Å².